The van der Waals surface area contributed by atoms with Crippen molar-refractivity contribution >= 4 is 21.8 Å². The Morgan fingerprint density at radius 3 is 2.31 bits per heavy atom. The molecule has 29 heavy (non-hydrogen) atoms. The van der Waals surface area contributed by atoms with E-state index in [0.29, 0.717) is 17.7 Å². The second-order valence-electron chi connectivity index (χ2n) is 7.93. The molecule has 0 spiro atoms. The average molecular weight is 418 g/mol. The number of amides is 1. The normalized spacial score (nSPS) is 17.9. The number of carbonyl (C=O) groups excluding carboxylic acids is 1. The summed E-state index contributed by atoms with van der Waals surface area (Å²) in [6, 6.07) is 14.0. The third-order valence-electron chi connectivity index (χ3n) is 4.98. The van der Waals surface area contributed by atoms with Gasteiger partial charge in [0.15, 0.2) is 0 Å². The van der Waals surface area contributed by atoms with E-state index in [1.807, 2.05) is 38.1 Å². The van der Waals surface area contributed by atoms with E-state index in [2.05, 4.69) is 5.32 Å². The lowest BCUT2D eigenvalue weighted by Gasteiger charge is -2.37. The fourth-order valence-electron chi connectivity index (χ4n) is 3.37. The zero-order valence-corrected chi connectivity index (χ0v) is 18.2. The highest BCUT2D eigenvalue weighted by Gasteiger charge is 2.34. The van der Waals surface area contributed by atoms with Crippen LogP contribution in [0.5, 0.6) is 5.75 Å². The van der Waals surface area contributed by atoms with Crippen molar-refractivity contribution in [2.45, 2.75) is 31.9 Å². The van der Waals surface area contributed by atoms with Crippen molar-refractivity contribution in [3.63, 3.8) is 0 Å². The van der Waals surface area contributed by atoms with E-state index >= 15 is 0 Å². The van der Waals surface area contributed by atoms with Crippen molar-refractivity contribution in [1.29, 1.82) is 0 Å². The molecule has 1 N–H and O–H groups in total. The zero-order valence-electron chi connectivity index (χ0n) is 17.3. The Hall–Kier alpha value is -2.58. The Morgan fingerprint density at radius 1 is 1.07 bits per heavy atom. The highest BCUT2D eigenvalue weighted by atomic mass is 32.2. The third kappa shape index (κ3) is 4.38. The maximum atomic E-state index is 12.8. The number of anilines is 1. The van der Waals surface area contributed by atoms with Gasteiger partial charge in [0.1, 0.15) is 11.4 Å². The molecule has 1 atom stereocenters. The molecule has 1 heterocycles. The molecule has 3 rings (SSSR count). The summed E-state index contributed by atoms with van der Waals surface area (Å²) in [5.74, 6) is 0.562. The van der Waals surface area contributed by atoms with Crippen LogP contribution in [0.15, 0.2) is 48.5 Å². The number of carbonyl (C=O) groups is 1. The van der Waals surface area contributed by atoms with Crippen LogP contribution in [0.25, 0.3) is 0 Å². The van der Waals surface area contributed by atoms with Crippen LogP contribution < -0.4 is 14.4 Å². The predicted molar refractivity (Wildman–Crippen MR) is 113 cm³/mol. The minimum atomic E-state index is -3.58. The van der Waals surface area contributed by atoms with E-state index in [4.69, 9.17) is 4.74 Å². The van der Waals surface area contributed by atoms with Gasteiger partial charge in [-0.25, -0.2) is 0 Å². The lowest BCUT2D eigenvalue weighted by molar-refractivity contribution is 0.0619. The minimum absolute atomic E-state index is 0.168. The molecule has 156 valence electrons. The summed E-state index contributed by atoms with van der Waals surface area (Å²) in [6.07, 6.45) is 0.650. The Labute approximate surface area is 172 Å². The van der Waals surface area contributed by atoms with Crippen molar-refractivity contribution in [3.8, 4) is 5.75 Å². The van der Waals surface area contributed by atoms with Gasteiger partial charge in [0, 0.05) is 38.7 Å². The summed E-state index contributed by atoms with van der Waals surface area (Å²) in [6.45, 7) is 4.00. The second kappa shape index (κ2) is 7.68. The molecule has 0 aromatic heterocycles. The summed E-state index contributed by atoms with van der Waals surface area (Å²) < 4.78 is 32.8. The quantitative estimate of drug-likeness (QED) is 0.811. The smallest absolute Gasteiger partial charge is 0.303 e. The van der Waals surface area contributed by atoms with Crippen molar-refractivity contribution in [3.05, 3.63) is 59.7 Å². The molecule has 0 bridgehead atoms. The lowest BCUT2D eigenvalue weighted by atomic mass is 9.89. The van der Waals surface area contributed by atoms with Crippen LogP contribution in [0.1, 0.15) is 42.2 Å². The first-order valence-corrected chi connectivity index (χ1v) is 10.8. The summed E-state index contributed by atoms with van der Waals surface area (Å²) in [5, 5.41) is 3.09. The SMILES string of the molecule is CN(C)S(=O)(=O)N(C)c1ccc(C(=O)NC2CC(C)(C)Oc3ccccc32)cc1. The van der Waals surface area contributed by atoms with Crippen LogP contribution in [0.3, 0.4) is 0 Å². The highest BCUT2D eigenvalue weighted by molar-refractivity contribution is 7.90. The van der Waals surface area contributed by atoms with Gasteiger partial charge in [-0.05, 0) is 44.2 Å². The Kier molecular flexibility index (Phi) is 5.60. The number of hydrogen-bond donors (Lipinski definition) is 1. The van der Waals surface area contributed by atoms with Crippen LogP contribution in [-0.2, 0) is 10.2 Å². The average Bonchev–Trinajstić information content (AvgIpc) is 2.66. The monoisotopic (exact) mass is 417 g/mol. The number of nitrogens with one attached hydrogen (secondary N) is 1. The molecule has 0 saturated carbocycles. The summed E-state index contributed by atoms with van der Waals surface area (Å²) in [4.78, 5) is 12.8. The third-order valence-corrected chi connectivity index (χ3v) is 6.81. The van der Waals surface area contributed by atoms with Gasteiger partial charge in [-0.2, -0.15) is 12.7 Å². The maximum Gasteiger partial charge on any atom is 0.303 e. The van der Waals surface area contributed by atoms with Gasteiger partial charge >= 0.3 is 10.2 Å². The number of fused-ring (bicyclic) bond motifs is 1. The van der Waals surface area contributed by atoms with E-state index in [1.165, 1.54) is 25.4 Å². The number of benzene rings is 2. The van der Waals surface area contributed by atoms with Crippen molar-refractivity contribution in [2.24, 2.45) is 0 Å². The van der Waals surface area contributed by atoms with Gasteiger partial charge < -0.3 is 10.1 Å². The molecular weight excluding hydrogens is 390 g/mol. The molecule has 1 aliphatic heterocycles. The van der Waals surface area contributed by atoms with Crippen LogP contribution >= 0.6 is 0 Å². The van der Waals surface area contributed by atoms with Gasteiger partial charge in [-0.1, -0.05) is 18.2 Å². The molecular formula is C21H27N3O4S. The first-order chi connectivity index (χ1) is 13.5. The summed E-state index contributed by atoms with van der Waals surface area (Å²) in [7, 11) is 0.844. The topological polar surface area (TPSA) is 79.0 Å². The fraction of sp³-hybridized carbons (Fsp3) is 0.381. The molecule has 8 heteroatoms. The van der Waals surface area contributed by atoms with Gasteiger partial charge in [-0.3, -0.25) is 9.10 Å². The van der Waals surface area contributed by atoms with Crippen molar-refractivity contribution in [2.75, 3.05) is 25.4 Å². The van der Waals surface area contributed by atoms with Gasteiger partial charge in [-0.15, -0.1) is 0 Å². The van der Waals surface area contributed by atoms with E-state index < -0.39 is 10.2 Å². The molecule has 0 radical (unpaired) electrons. The Bertz CT molecular complexity index is 1000. The second-order valence-corrected chi connectivity index (χ2v) is 10.1. The summed E-state index contributed by atoms with van der Waals surface area (Å²) in [5.41, 5.74) is 1.51. The molecule has 0 saturated heterocycles. The van der Waals surface area contributed by atoms with Crippen LogP contribution in [-0.4, -0.2) is 45.4 Å². The molecule has 2 aromatic rings. The standard InChI is InChI=1S/C21H27N3O4S/c1-21(2)14-18(17-8-6-7-9-19(17)28-21)22-20(25)15-10-12-16(13-11-15)24(5)29(26,27)23(3)4/h6-13,18H,14H2,1-5H3,(H,22,25). The molecule has 1 aliphatic rings. The molecule has 1 amide bonds. The van der Waals surface area contributed by atoms with E-state index in [0.717, 1.165) is 15.6 Å². The van der Waals surface area contributed by atoms with E-state index in [1.54, 1.807) is 24.3 Å². The van der Waals surface area contributed by atoms with Gasteiger partial charge in [0.05, 0.1) is 11.7 Å². The minimum Gasteiger partial charge on any atom is -0.487 e. The first kappa shape index (κ1) is 21.1. The van der Waals surface area contributed by atoms with Crippen molar-refractivity contribution in [1.82, 2.24) is 9.62 Å². The first-order valence-electron chi connectivity index (χ1n) is 9.36. The Balaban J connectivity index is 1.78. The largest absolute Gasteiger partial charge is 0.487 e. The maximum absolute atomic E-state index is 12.8. The molecule has 2 aromatic carbocycles. The van der Waals surface area contributed by atoms with Crippen LogP contribution in [0, 0.1) is 0 Å². The fourth-order valence-corrected chi connectivity index (χ4v) is 4.25. The van der Waals surface area contributed by atoms with Gasteiger partial charge in [0.25, 0.3) is 5.91 Å². The van der Waals surface area contributed by atoms with Crippen LogP contribution in [0.4, 0.5) is 5.69 Å². The lowest BCUT2D eigenvalue weighted by Crippen LogP contribution is -2.41. The van der Waals surface area contributed by atoms with E-state index in [9.17, 15) is 13.2 Å². The predicted octanol–water partition coefficient (Wildman–Crippen LogP) is 2.96. The highest BCUT2D eigenvalue weighted by Crippen LogP contribution is 2.39. The van der Waals surface area contributed by atoms with Crippen molar-refractivity contribution < 1.29 is 17.9 Å². The van der Waals surface area contributed by atoms with Crippen LogP contribution in [0.2, 0.25) is 0 Å². The number of ether oxygens (including phenoxy) is 1. The van der Waals surface area contributed by atoms with E-state index in [-0.39, 0.29) is 17.6 Å². The zero-order chi connectivity index (χ0) is 21.4. The molecule has 0 aliphatic carbocycles. The molecule has 0 fully saturated rings. The molecule has 1 unspecified atom stereocenters. The number of hydrogen-bond acceptors (Lipinski definition) is 4. The molecule has 7 nitrogen and oxygen atoms in total. The van der Waals surface area contributed by atoms with Gasteiger partial charge in [0.2, 0.25) is 0 Å². The number of para-hydroxylation sites is 1. The summed E-state index contributed by atoms with van der Waals surface area (Å²) >= 11 is 0. The number of rotatable bonds is 5. The number of nitrogens with zero attached hydrogens (tertiary/aromatic N) is 2. The Morgan fingerprint density at radius 2 is 1.69 bits per heavy atom.